The molecule has 1 aromatic heterocycles. The molecule has 3 rings (SSSR count). The molecule has 0 saturated carbocycles. The average Bonchev–Trinajstić information content (AvgIpc) is 2.75. The fourth-order valence-corrected chi connectivity index (χ4v) is 2.65. The van der Waals surface area contributed by atoms with Gasteiger partial charge in [0.05, 0.1) is 22.8 Å². The van der Waals surface area contributed by atoms with Crippen LogP contribution in [0.15, 0.2) is 24.4 Å². The van der Waals surface area contributed by atoms with Crippen LogP contribution in [0.3, 0.4) is 0 Å². The minimum atomic E-state index is 0.436. The number of piperidine rings is 1. The lowest BCUT2D eigenvalue weighted by molar-refractivity contribution is 0.355. The van der Waals surface area contributed by atoms with Gasteiger partial charge in [0, 0.05) is 11.9 Å². The summed E-state index contributed by atoms with van der Waals surface area (Å²) < 4.78 is 2.07. The smallest absolute Gasteiger partial charge is 0.0872 e. The first kappa shape index (κ1) is 10.1. The van der Waals surface area contributed by atoms with Crippen LogP contribution in [0.25, 0.3) is 10.9 Å². The van der Waals surface area contributed by atoms with E-state index >= 15 is 0 Å². The lowest BCUT2D eigenvalue weighted by Gasteiger charge is -2.24. The fourth-order valence-electron chi connectivity index (χ4n) is 2.38. The van der Waals surface area contributed by atoms with Crippen molar-refractivity contribution in [3.05, 3.63) is 29.4 Å². The van der Waals surface area contributed by atoms with Gasteiger partial charge in [-0.05, 0) is 25.5 Å². The SMILES string of the molecule is Clc1cccc2cnn(C3CCCNC3)c12. The Kier molecular flexibility index (Phi) is 2.58. The summed E-state index contributed by atoms with van der Waals surface area (Å²) in [5.74, 6) is 0. The van der Waals surface area contributed by atoms with Gasteiger partial charge < -0.3 is 5.32 Å². The second kappa shape index (κ2) is 4.07. The Morgan fingerprint density at radius 1 is 1.44 bits per heavy atom. The molecule has 16 heavy (non-hydrogen) atoms. The number of hydrogen-bond acceptors (Lipinski definition) is 2. The number of nitrogens with zero attached hydrogens (tertiary/aromatic N) is 2. The minimum Gasteiger partial charge on any atom is -0.315 e. The van der Waals surface area contributed by atoms with Gasteiger partial charge in [0.1, 0.15) is 0 Å². The first-order valence-electron chi connectivity index (χ1n) is 5.69. The van der Waals surface area contributed by atoms with Gasteiger partial charge in [-0.1, -0.05) is 23.7 Å². The molecule has 0 spiro atoms. The summed E-state index contributed by atoms with van der Waals surface area (Å²) >= 11 is 6.24. The quantitative estimate of drug-likeness (QED) is 0.824. The molecule has 0 aliphatic carbocycles. The number of halogens is 1. The van der Waals surface area contributed by atoms with E-state index in [1.54, 1.807) is 0 Å². The third-order valence-corrected chi connectivity index (χ3v) is 3.49. The number of para-hydroxylation sites is 1. The molecule has 4 heteroatoms. The molecular weight excluding hydrogens is 222 g/mol. The highest BCUT2D eigenvalue weighted by molar-refractivity contribution is 6.35. The number of hydrogen-bond donors (Lipinski definition) is 1. The Bertz CT molecular complexity index is 500. The summed E-state index contributed by atoms with van der Waals surface area (Å²) in [4.78, 5) is 0. The van der Waals surface area contributed by atoms with Crippen molar-refractivity contribution < 1.29 is 0 Å². The maximum Gasteiger partial charge on any atom is 0.0872 e. The fraction of sp³-hybridized carbons (Fsp3) is 0.417. The molecule has 1 unspecified atom stereocenters. The Labute approximate surface area is 99.4 Å². The first-order chi connectivity index (χ1) is 7.86. The van der Waals surface area contributed by atoms with Gasteiger partial charge in [-0.3, -0.25) is 4.68 Å². The zero-order valence-corrected chi connectivity index (χ0v) is 9.74. The topological polar surface area (TPSA) is 29.9 Å². The van der Waals surface area contributed by atoms with Gasteiger partial charge in [0.2, 0.25) is 0 Å². The standard InChI is InChI=1S/C12H14ClN3/c13-11-5-1-3-9-7-15-16(12(9)11)10-4-2-6-14-8-10/h1,3,5,7,10,14H,2,4,6,8H2. The van der Waals surface area contributed by atoms with Crippen molar-refractivity contribution in [3.63, 3.8) is 0 Å². The maximum atomic E-state index is 6.24. The zero-order chi connectivity index (χ0) is 11.0. The summed E-state index contributed by atoms with van der Waals surface area (Å²) in [6, 6.07) is 6.39. The van der Waals surface area contributed by atoms with Crippen molar-refractivity contribution in [1.29, 1.82) is 0 Å². The van der Waals surface area contributed by atoms with Gasteiger partial charge in [-0.15, -0.1) is 0 Å². The van der Waals surface area contributed by atoms with E-state index in [0.717, 1.165) is 29.0 Å². The monoisotopic (exact) mass is 235 g/mol. The highest BCUT2D eigenvalue weighted by Crippen LogP contribution is 2.27. The van der Waals surface area contributed by atoms with Gasteiger partial charge >= 0.3 is 0 Å². The second-order valence-corrected chi connectivity index (χ2v) is 4.67. The number of rotatable bonds is 1. The molecule has 1 aliphatic heterocycles. The Balaban J connectivity index is 2.09. The number of aromatic nitrogens is 2. The Morgan fingerprint density at radius 3 is 3.19 bits per heavy atom. The van der Waals surface area contributed by atoms with E-state index in [0.29, 0.717) is 6.04 Å². The Morgan fingerprint density at radius 2 is 2.38 bits per heavy atom. The van der Waals surface area contributed by atoms with E-state index in [1.165, 1.54) is 12.8 Å². The average molecular weight is 236 g/mol. The van der Waals surface area contributed by atoms with E-state index in [-0.39, 0.29) is 0 Å². The van der Waals surface area contributed by atoms with Crippen LogP contribution in [0.4, 0.5) is 0 Å². The van der Waals surface area contributed by atoms with E-state index in [4.69, 9.17) is 11.6 Å². The summed E-state index contributed by atoms with van der Waals surface area (Å²) in [7, 11) is 0. The van der Waals surface area contributed by atoms with Gasteiger partial charge in [-0.2, -0.15) is 5.10 Å². The summed E-state index contributed by atoms with van der Waals surface area (Å²) in [6.45, 7) is 2.10. The highest BCUT2D eigenvalue weighted by Gasteiger charge is 2.18. The molecule has 1 aliphatic rings. The van der Waals surface area contributed by atoms with Gasteiger partial charge in [-0.25, -0.2) is 0 Å². The lowest BCUT2D eigenvalue weighted by atomic mass is 10.1. The van der Waals surface area contributed by atoms with Crippen molar-refractivity contribution in [2.45, 2.75) is 18.9 Å². The van der Waals surface area contributed by atoms with Crippen LogP contribution in [0.2, 0.25) is 5.02 Å². The van der Waals surface area contributed by atoms with Crippen molar-refractivity contribution in [2.24, 2.45) is 0 Å². The number of fused-ring (bicyclic) bond motifs is 1. The maximum absolute atomic E-state index is 6.24. The molecule has 84 valence electrons. The van der Waals surface area contributed by atoms with Crippen LogP contribution in [0.5, 0.6) is 0 Å². The predicted octanol–water partition coefficient (Wildman–Crippen LogP) is 2.61. The number of nitrogens with one attached hydrogen (secondary N) is 1. The van der Waals surface area contributed by atoms with Crippen LogP contribution in [0, 0.1) is 0 Å². The summed E-state index contributed by atoms with van der Waals surface area (Å²) in [6.07, 6.45) is 4.28. The summed E-state index contributed by atoms with van der Waals surface area (Å²) in [5, 5.41) is 9.79. The molecule has 2 heterocycles. The molecule has 0 bridgehead atoms. The Hall–Kier alpha value is -1.06. The number of benzene rings is 1. The van der Waals surface area contributed by atoms with E-state index in [9.17, 15) is 0 Å². The first-order valence-corrected chi connectivity index (χ1v) is 6.06. The van der Waals surface area contributed by atoms with Crippen LogP contribution in [0.1, 0.15) is 18.9 Å². The highest BCUT2D eigenvalue weighted by atomic mass is 35.5. The van der Waals surface area contributed by atoms with Crippen LogP contribution in [-0.2, 0) is 0 Å². The minimum absolute atomic E-state index is 0.436. The molecular formula is C12H14ClN3. The van der Waals surface area contributed by atoms with Gasteiger partial charge in [0.25, 0.3) is 0 Å². The normalized spacial score (nSPS) is 21.4. The van der Waals surface area contributed by atoms with Crippen LogP contribution in [-0.4, -0.2) is 22.9 Å². The molecule has 1 saturated heterocycles. The molecule has 3 nitrogen and oxygen atoms in total. The lowest BCUT2D eigenvalue weighted by Crippen LogP contribution is -2.32. The molecule has 2 aromatic rings. The van der Waals surface area contributed by atoms with Crippen molar-refractivity contribution >= 4 is 22.5 Å². The van der Waals surface area contributed by atoms with Crippen molar-refractivity contribution in [3.8, 4) is 0 Å². The molecule has 0 radical (unpaired) electrons. The molecule has 1 fully saturated rings. The van der Waals surface area contributed by atoms with Crippen LogP contribution < -0.4 is 5.32 Å². The summed E-state index contributed by atoms with van der Waals surface area (Å²) in [5.41, 5.74) is 1.07. The second-order valence-electron chi connectivity index (χ2n) is 4.27. The molecule has 0 amide bonds. The molecule has 1 atom stereocenters. The van der Waals surface area contributed by atoms with E-state index in [2.05, 4.69) is 21.2 Å². The largest absolute Gasteiger partial charge is 0.315 e. The zero-order valence-electron chi connectivity index (χ0n) is 8.99. The predicted molar refractivity (Wildman–Crippen MR) is 65.9 cm³/mol. The van der Waals surface area contributed by atoms with Crippen LogP contribution >= 0.6 is 11.6 Å². The van der Waals surface area contributed by atoms with Crippen molar-refractivity contribution in [2.75, 3.05) is 13.1 Å². The molecule has 1 aromatic carbocycles. The van der Waals surface area contributed by atoms with E-state index in [1.807, 2.05) is 18.3 Å². The third-order valence-electron chi connectivity index (χ3n) is 3.19. The molecule has 1 N–H and O–H groups in total. The van der Waals surface area contributed by atoms with Gasteiger partial charge in [0.15, 0.2) is 0 Å². The van der Waals surface area contributed by atoms with Crippen molar-refractivity contribution in [1.82, 2.24) is 15.1 Å². The third kappa shape index (κ3) is 1.60. The van der Waals surface area contributed by atoms with E-state index < -0.39 is 0 Å².